The topological polar surface area (TPSA) is 65.8 Å². The van der Waals surface area contributed by atoms with Crippen LogP contribution in [0.25, 0.3) is 0 Å². The van der Waals surface area contributed by atoms with Gasteiger partial charge in [-0.1, -0.05) is 6.92 Å². The van der Waals surface area contributed by atoms with Crippen LogP contribution in [0.15, 0.2) is 22.8 Å². The van der Waals surface area contributed by atoms with Crippen LogP contribution in [0, 0.1) is 5.92 Å². The number of hydrogen-bond donors (Lipinski definition) is 1. The Morgan fingerprint density at radius 2 is 2.29 bits per heavy atom. The maximum absolute atomic E-state index is 12.4. The lowest BCUT2D eigenvalue weighted by molar-refractivity contribution is 0.251. The van der Waals surface area contributed by atoms with Crippen molar-refractivity contribution in [1.82, 2.24) is 13.9 Å². The van der Waals surface area contributed by atoms with Gasteiger partial charge in [0.25, 0.3) is 10.2 Å². The van der Waals surface area contributed by atoms with Crippen LogP contribution >= 0.6 is 0 Å². The van der Waals surface area contributed by atoms with Crippen LogP contribution in [0.4, 0.5) is 0 Å². The molecule has 6 nitrogen and oxygen atoms in total. The molecule has 1 fully saturated rings. The SMILES string of the molecule is C[C@H]1CCCN(S(=O)(=O)NC[C@H](c2ccco2)N(C)C)C1. The van der Waals surface area contributed by atoms with Gasteiger partial charge in [-0.3, -0.25) is 4.90 Å². The van der Waals surface area contributed by atoms with Gasteiger partial charge in [-0.2, -0.15) is 12.7 Å². The molecule has 0 amide bonds. The quantitative estimate of drug-likeness (QED) is 0.863. The van der Waals surface area contributed by atoms with Crippen molar-refractivity contribution in [3.63, 3.8) is 0 Å². The van der Waals surface area contributed by atoms with Crippen molar-refractivity contribution in [2.24, 2.45) is 5.92 Å². The molecule has 0 unspecified atom stereocenters. The number of hydrogen-bond acceptors (Lipinski definition) is 4. The highest BCUT2D eigenvalue weighted by Crippen LogP contribution is 2.20. The lowest BCUT2D eigenvalue weighted by Gasteiger charge is -2.31. The van der Waals surface area contributed by atoms with Crippen LogP contribution in [0.5, 0.6) is 0 Å². The number of rotatable bonds is 6. The van der Waals surface area contributed by atoms with E-state index in [0.717, 1.165) is 18.6 Å². The van der Waals surface area contributed by atoms with Crippen LogP contribution in [-0.4, -0.2) is 51.4 Å². The fraction of sp³-hybridized carbons (Fsp3) is 0.714. The molecule has 1 aliphatic heterocycles. The predicted octanol–water partition coefficient (Wildman–Crippen LogP) is 1.45. The molecule has 1 N–H and O–H groups in total. The van der Waals surface area contributed by atoms with Crippen molar-refractivity contribution in [2.75, 3.05) is 33.7 Å². The summed E-state index contributed by atoms with van der Waals surface area (Å²) in [5, 5.41) is 0. The summed E-state index contributed by atoms with van der Waals surface area (Å²) < 4.78 is 34.4. The molecule has 1 aromatic rings. The predicted molar refractivity (Wildman–Crippen MR) is 82.0 cm³/mol. The second kappa shape index (κ2) is 6.91. The standard InChI is InChI=1S/C14H25N3O3S/c1-12-6-4-8-17(11-12)21(18,19)15-10-13(16(2)3)14-7-5-9-20-14/h5,7,9,12-13,15H,4,6,8,10-11H2,1-3H3/t12-,13+/m0/s1. The number of nitrogens with one attached hydrogen (secondary N) is 1. The lowest BCUT2D eigenvalue weighted by Crippen LogP contribution is -2.47. The van der Waals surface area contributed by atoms with Gasteiger partial charge in [0.05, 0.1) is 12.3 Å². The van der Waals surface area contributed by atoms with Gasteiger partial charge in [0, 0.05) is 19.6 Å². The maximum atomic E-state index is 12.4. The fourth-order valence-electron chi connectivity index (χ4n) is 2.66. The van der Waals surface area contributed by atoms with Crippen LogP contribution in [-0.2, 0) is 10.2 Å². The van der Waals surface area contributed by atoms with Gasteiger partial charge in [0.1, 0.15) is 5.76 Å². The molecule has 2 heterocycles. The van der Waals surface area contributed by atoms with E-state index in [1.165, 1.54) is 0 Å². The molecular formula is C14H25N3O3S. The Bertz CT molecular complexity index is 528. The summed E-state index contributed by atoms with van der Waals surface area (Å²) in [7, 11) is 0.393. The average Bonchev–Trinajstić information content (AvgIpc) is 2.92. The van der Waals surface area contributed by atoms with E-state index < -0.39 is 10.2 Å². The zero-order valence-electron chi connectivity index (χ0n) is 12.9. The molecule has 1 aliphatic rings. The molecule has 0 aliphatic carbocycles. The molecule has 0 saturated carbocycles. The van der Waals surface area contributed by atoms with Crippen molar-refractivity contribution >= 4 is 10.2 Å². The van der Waals surface area contributed by atoms with E-state index in [0.29, 0.717) is 25.6 Å². The van der Waals surface area contributed by atoms with Crippen molar-refractivity contribution in [2.45, 2.75) is 25.8 Å². The smallest absolute Gasteiger partial charge is 0.279 e. The number of piperidine rings is 1. The first kappa shape index (κ1) is 16.5. The van der Waals surface area contributed by atoms with E-state index in [1.54, 1.807) is 10.6 Å². The lowest BCUT2D eigenvalue weighted by atomic mass is 10.0. The Kier molecular flexibility index (Phi) is 5.43. The third kappa shape index (κ3) is 4.29. The molecule has 1 aromatic heterocycles. The van der Waals surface area contributed by atoms with E-state index in [1.807, 2.05) is 31.1 Å². The summed E-state index contributed by atoms with van der Waals surface area (Å²) in [5.74, 6) is 1.18. The van der Waals surface area contributed by atoms with Gasteiger partial charge in [-0.15, -0.1) is 0 Å². The van der Waals surface area contributed by atoms with Gasteiger partial charge in [0.15, 0.2) is 0 Å². The van der Waals surface area contributed by atoms with Crippen molar-refractivity contribution < 1.29 is 12.8 Å². The Morgan fingerprint density at radius 1 is 1.52 bits per heavy atom. The summed E-state index contributed by atoms with van der Waals surface area (Å²) in [6, 6.07) is 3.56. The molecule has 2 atom stereocenters. The summed E-state index contributed by atoms with van der Waals surface area (Å²) in [4.78, 5) is 1.94. The highest BCUT2D eigenvalue weighted by atomic mass is 32.2. The minimum atomic E-state index is -3.42. The number of furan rings is 1. The number of nitrogens with zero attached hydrogens (tertiary/aromatic N) is 2. The van der Waals surface area contributed by atoms with Gasteiger partial charge in [-0.05, 0) is 45.0 Å². The molecule has 120 valence electrons. The first-order chi connectivity index (χ1) is 9.90. The van der Waals surface area contributed by atoms with Crippen LogP contribution in [0.1, 0.15) is 31.6 Å². The molecule has 1 saturated heterocycles. The molecule has 0 spiro atoms. The Labute approximate surface area is 127 Å². The van der Waals surface area contributed by atoms with Crippen LogP contribution in [0.3, 0.4) is 0 Å². The highest BCUT2D eigenvalue weighted by molar-refractivity contribution is 7.87. The van der Waals surface area contributed by atoms with Crippen molar-refractivity contribution in [3.8, 4) is 0 Å². The Hall–Kier alpha value is -0.890. The van der Waals surface area contributed by atoms with E-state index in [4.69, 9.17) is 4.42 Å². The summed E-state index contributed by atoms with van der Waals surface area (Å²) in [5.41, 5.74) is 0. The van der Waals surface area contributed by atoms with E-state index in [-0.39, 0.29) is 6.04 Å². The minimum Gasteiger partial charge on any atom is -0.468 e. The average molecular weight is 315 g/mol. The third-order valence-corrected chi connectivity index (χ3v) is 5.46. The monoisotopic (exact) mass is 315 g/mol. The van der Waals surface area contributed by atoms with Crippen LogP contribution in [0.2, 0.25) is 0 Å². The molecule has 0 bridgehead atoms. The molecular weight excluding hydrogens is 290 g/mol. The maximum Gasteiger partial charge on any atom is 0.279 e. The summed E-state index contributed by atoms with van der Waals surface area (Å²) >= 11 is 0. The van der Waals surface area contributed by atoms with E-state index >= 15 is 0 Å². The Morgan fingerprint density at radius 3 is 2.86 bits per heavy atom. The zero-order valence-corrected chi connectivity index (χ0v) is 13.8. The molecule has 7 heteroatoms. The van der Waals surface area contributed by atoms with Gasteiger partial charge in [0.2, 0.25) is 0 Å². The minimum absolute atomic E-state index is 0.114. The molecule has 0 radical (unpaired) electrons. The first-order valence-corrected chi connectivity index (χ1v) is 8.78. The number of likely N-dealkylation sites (N-methyl/N-ethyl adjacent to an activating group) is 1. The van der Waals surface area contributed by atoms with Gasteiger partial charge >= 0.3 is 0 Å². The van der Waals surface area contributed by atoms with Gasteiger partial charge in [-0.25, -0.2) is 4.72 Å². The molecule has 0 aromatic carbocycles. The van der Waals surface area contributed by atoms with Gasteiger partial charge < -0.3 is 4.42 Å². The molecule has 2 rings (SSSR count). The largest absolute Gasteiger partial charge is 0.468 e. The molecule has 21 heavy (non-hydrogen) atoms. The fourth-order valence-corrected chi connectivity index (χ4v) is 4.03. The highest BCUT2D eigenvalue weighted by Gasteiger charge is 2.28. The second-order valence-electron chi connectivity index (χ2n) is 5.95. The van der Waals surface area contributed by atoms with Crippen molar-refractivity contribution in [1.29, 1.82) is 0 Å². The summed E-state index contributed by atoms with van der Waals surface area (Å²) in [6.07, 6.45) is 3.63. The third-order valence-electron chi connectivity index (χ3n) is 3.91. The van der Waals surface area contributed by atoms with Crippen LogP contribution < -0.4 is 4.72 Å². The van der Waals surface area contributed by atoms with E-state index in [9.17, 15) is 8.42 Å². The normalized spacial score (nSPS) is 22.6. The second-order valence-corrected chi connectivity index (χ2v) is 7.71. The first-order valence-electron chi connectivity index (χ1n) is 7.34. The van der Waals surface area contributed by atoms with E-state index in [2.05, 4.69) is 11.6 Å². The Balaban J connectivity index is 1.99. The zero-order chi connectivity index (χ0) is 15.5. The van der Waals surface area contributed by atoms with Crippen molar-refractivity contribution in [3.05, 3.63) is 24.2 Å². The summed E-state index contributed by atoms with van der Waals surface area (Å²) in [6.45, 7) is 3.59.